The molecule has 1 unspecified atom stereocenters. The van der Waals surface area contributed by atoms with E-state index in [4.69, 9.17) is 11.6 Å². The van der Waals surface area contributed by atoms with Crippen molar-refractivity contribution in [1.29, 1.82) is 0 Å². The van der Waals surface area contributed by atoms with E-state index in [0.29, 0.717) is 11.4 Å². The number of nitrogens with zero attached hydrogens (tertiary/aromatic N) is 1. The zero-order chi connectivity index (χ0) is 8.72. The molecule has 2 heterocycles. The van der Waals surface area contributed by atoms with Crippen LogP contribution in [-0.4, -0.2) is 10.5 Å². The molecule has 3 nitrogen and oxygen atoms in total. The first-order chi connectivity index (χ1) is 5.68. The van der Waals surface area contributed by atoms with E-state index in [1.54, 1.807) is 12.3 Å². The number of aromatic nitrogens is 1. The van der Waals surface area contributed by atoms with Gasteiger partial charge < -0.3 is 14.5 Å². The van der Waals surface area contributed by atoms with Crippen LogP contribution in [0.2, 0.25) is 5.02 Å². The summed E-state index contributed by atoms with van der Waals surface area (Å²) in [6.07, 6.45) is 2.37. The van der Waals surface area contributed by atoms with E-state index in [1.807, 2.05) is 4.57 Å². The van der Waals surface area contributed by atoms with Crippen LogP contribution in [0.5, 0.6) is 0 Å². The molecular weight excluding hydrogens is 178 g/mol. The van der Waals surface area contributed by atoms with Gasteiger partial charge in [-0.25, -0.2) is 0 Å². The van der Waals surface area contributed by atoms with Crippen LogP contribution in [-0.2, 0) is 11.3 Å². The van der Waals surface area contributed by atoms with Gasteiger partial charge in [-0.05, 0) is 12.5 Å². The highest BCUT2D eigenvalue weighted by atomic mass is 35.5. The fourth-order valence-corrected chi connectivity index (χ4v) is 1.86. The molecule has 0 spiro atoms. The SMILES string of the molecule is O=C([O-])C1CCn2cc(Cl)cc21. The smallest absolute Gasteiger partial charge is 0.0585 e. The van der Waals surface area contributed by atoms with Crippen molar-refractivity contribution in [2.45, 2.75) is 18.9 Å². The Morgan fingerprint density at radius 3 is 3.17 bits per heavy atom. The minimum absolute atomic E-state index is 0.475. The quantitative estimate of drug-likeness (QED) is 0.634. The molecule has 64 valence electrons. The van der Waals surface area contributed by atoms with E-state index in [2.05, 4.69) is 0 Å². The van der Waals surface area contributed by atoms with Crippen molar-refractivity contribution in [1.82, 2.24) is 4.57 Å². The molecule has 0 aliphatic carbocycles. The molecule has 0 aromatic carbocycles. The molecule has 4 heteroatoms. The van der Waals surface area contributed by atoms with Crippen LogP contribution in [0.25, 0.3) is 0 Å². The van der Waals surface area contributed by atoms with Crippen molar-refractivity contribution in [3.63, 3.8) is 0 Å². The second kappa shape index (κ2) is 2.52. The van der Waals surface area contributed by atoms with E-state index in [9.17, 15) is 9.90 Å². The first kappa shape index (κ1) is 7.68. The number of hydrogen-bond donors (Lipinski definition) is 0. The molecule has 0 N–H and O–H groups in total. The van der Waals surface area contributed by atoms with Crippen LogP contribution in [0.15, 0.2) is 12.3 Å². The third-order valence-corrected chi connectivity index (χ3v) is 2.40. The summed E-state index contributed by atoms with van der Waals surface area (Å²) < 4.78 is 1.86. The minimum atomic E-state index is -1.01. The summed E-state index contributed by atoms with van der Waals surface area (Å²) in [5.74, 6) is -1.49. The number of fused-ring (bicyclic) bond motifs is 1. The highest BCUT2D eigenvalue weighted by Crippen LogP contribution is 2.30. The zero-order valence-corrected chi connectivity index (χ0v) is 7.04. The van der Waals surface area contributed by atoms with Crippen molar-refractivity contribution >= 4 is 17.6 Å². The van der Waals surface area contributed by atoms with Crippen LogP contribution >= 0.6 is 11.6 Å². The molecule has 12 heavy (non-hydrogen) atoms. The lowest BCUT2D eigenvalue weighted by molar-refractivity contribution is -0.307. The summed E-state index contributed by atoms with van der Waals surface area (Å²) in [5.41, 5.74) is 0.764. The van der Waals surface area contributed by atoms with Gasteiger partial charge in [0.1, 0.15) is 0 Å². The highest BCUT2D eigenvalue weighted by molar-refractivity contribution is 6.30. The highest BCUT2D eigenvalue weighted by Gasteiger charge is 2.23. The van der Waals surface area contributed by atoms with Gasteiger partial charge in [-0.3, -0.25) is 0 Å². The van der Waals surface area contributed by atoms with Gasteiger partial charge in [0.25, 0.3) is 0 Å². The van der Waals surface area contributed by atoms with E-state index in [1.165, 1.54) is 0 Å². The lowest BCUT2D eigenvalue weighted by atomic mass is 10.1. The van der Waals surface area contributed by atoms with Crippen LogP contribution in [0, 0.1) is 0 Å². The number of carboxylic acids is 1. The van der Waals surface area contributed by atoms with Crippen molar-refractivity contribution in [3.05, 3.63) is 23.0 Å². The molecule has 0 fully saturated rings. The third kappa shape index (κ3) is 1.01. The predicted molar refractivity (Wildman–Crippen MR) is 41.8 cm³/mol. The Labute approximate surface area is 74.6 Å². The van der Waals surface area contributed by atoms with Crippen molar-refractivity contribution in [3.8, 4) is 0 Å². The number of aryl methyl sites for hydroxylation is 1. The first-order valence-electron chi connectivity index (χ1n) is 3.75. The molecule has 1 atom stereocenters. The number of carboxylic acid groups (broad SMARTS) is 1. The summed E-state index contributed by atoms with van der Waals surface area (Å²) in [5, 5.41) is 11.2. The Bertz CT molecular complexity index is 332. The maximum Gasteiger partial charge on any atom is 0.0585 e. The van der Waals surface area contributed by atoms with E-state index in [0.717, 1.165) is 12.2 Å². The number of aliphatic carboxylic acids is 1. The Hall–Kier alpha value is -0.960. The standard InChI is InChI=1S/C8H8ClNO2/c9-5-3-7-6(8(11)12)1-2-10(7)4-5/h3-4,6H,1-2H2,(H,11,12)/p-1. The molecule has 2 rings (SSSR count). The van der Waals surface area contributed by atoms with E-state index < -0.39 is 11.9 Å². The second-order valence-corrected chi connectivity index (χ2v) is 3.37. The van der Waals surface area contributed by atoms with Gasteiger partial charge in [-0.15, -0.1) is 0 Å². The van der Waals surface area contributed by atoms with Crippen molar-refractivity contribution in [2.75, 3.05) is 0 Å². The van der Waals surface area contributed by atoms with Gasteiger partial charge in [0, 0.05) is 24.4 Å². The lowest BCUT2D eigenvalue weighted by Gasteiger charge is -2.08. The average molecular weight is 185 g/mol. The fraction of sp³-hybridized carbons (Fsp3) is 0.375. The molecule has 0 radical (unpaired) electrons. The number of carbonyl (C=O) groups is 1. The number of halogens is 1. The summed E-state index contributed by atoms with van der Waals surface area (Å²) >= 11 is 5.71. The topological polar surface area (TPSA) is 45.1 Å². The minimum Gasteiger partial charge on any atom is -0.549 e. The molecule has 0 bridgehead atoms. The Morgan fingerprint density at radius 2 is 2.50 bits per heavy atom. The third-order valence-electron chi connectivity index (χ3n) is 2.20. The Balaban J connectivity index is 2.41. The molecular formula is C8H7ClNO2-. The van der Waals surface area contributed by atoms with Crippen molar-refractivity contribution < 1.29 is 9.90 Å². The normalized spacial score (nSPS) is 20.9. The summed E-state index contributed by atoms with van der Waals surface area (Å²) in [6.45, 7) is 0.723. The maximum absolute atomic E-state index is 10.6. The van der Waals surface area contributed by atoms with Crippen LogP contribution < -0.4 is 5.11 Å². The molecule has 1 aliphatic rings. The first-order valence-corrected chi connectivity index (χ1v) is 4.12. The molecule has 0 saturated heterocycles. The van der Waals surface area contributed by atoms with E-state index in [-0.39, 0.29) is 0 Å². The second-order valence-electron chi connectivity index (χ2n) is 2.94. The summed E-state index contributed by atoms with van der Waals surface area (Å²) in [6, 6.07) is 1.69. The Morgan fingerprint density at radius 1 is 1.75 bits per heavy atom. The van der Waals surface area contributed by atoms with Gasteiger partial charge in [-0.1, -0.05) is 11.6 Å². The molecule has 0 saturated carbocycles. The zero-order valence-electron chi connectivity index (χ0n) is 6.29. The van der Waals surface area contributed by atoms with Crippen LogP contribution in [0.4, 0.5) is 0 Å². The lowest BCUT2D eigenvalue weighted by Crippen LogP contribution is -2.28. The molecule has 1 aromatic heterocycles. The molecule has 1 aliphatic heterocycles. The molecule has 0 amide bonds. The van der Waals surface area contributed by atoms with Gasteiger partial charge >= 0.3 is 0 Å². The monoisotopic (exact) mass is 184 g/mol. The van der Waals surface area contributed by atoms with Gasteiger partial charge in [0.2, 0.25) is 0 Å². The number of carbonyl (C=O) groups excluding carboxylic acids is 1. The maximum atomic E-state index is 10.6. The summed E-state index contributed by atoms with van der Waals surface area (Å²) in [4.78, 5) is 10.6. The predicted octanol–water partition coefficient (Wildman–Crippen LogP) is 0.379. The average Bonchev–Trinajstić information content (AvgIpc) is 2.43. The number of hydrogen-bond acceptors (Lipinski definition) is 2. The van der Waals surface area contributed by atoms with Crippen molar-refractivity contribution in [2.24, 2.45) is 0 Å². The molecule has 1 aromatic rings. The van der Waals surface area contributed by atoms with Crippen LogP contribution in [0.1, 0.15) is 18.0 Å². The van der Waals surface area contributed by atoms with Crippen LogP contribution in [0.3, 0.4) is 0 Å². The fourth-order valence-electron chi connectivity index (χ4n) is 1.63. The van der Waals surface area contributed by atoms with E-state index >= 15 is 0 Å². The van der Waals surface area contributed by atoms with Gasteiger partial charge in [-0.2, -0.15) is 0 Å². The summed E-state index contributed by atoms with van der Waals surface area (Å²) in [7, 11) is 0. The van der Waals surface area contributed by atoms with Gasteiger partial charge in [0.15, 0.2) is 0 Å². The largest absolute Gasteiger partial charge is 0.549 e. The Kier molecular flexibility index (Phi) is 1.61. The van der Waals surface area contributed by atoms with Gasteiger partial charge in [0.05, 0.1) is 11.0 Å². The number of rotatable bonds is 1.